The van der Waals surface area contributed by atoms with Crippen molar-refractivity contribution in [2.45, 2.75) is 13.3 Å². The molecule has 2 rings (SSSR count). The SMILES string of the molecule is Cc1cc(Cl)c2c(c1)CC(C(=O)O)CO2. The topological polar surface area (TPSA) is 46.5 Å². The van der Waals surface area contributed by atoms with Crippen LogP contribution >= 0.6 is 11.6 Å². The molecule has 1 atom stereocenters. The second-order valence-corrected chi connectivity index (χ2v) is 4.19. The van der Waals surface area contributed by atoms with Gasteiger partial charge < -0.3 is 9.84 Å². The quantitative estimate of drug-likeness (QED) is 0.799. The van der Waals surface area contributed by atoms with Crippen molar-refractivity contribution in [1.29, 1.82) is 0 Å². The molecule has 15 heavy (non-hydrogen) atoms. The van der Waals surface area contributed by atoms with Crippen LogP contribution in [-0.4, -0.2) is 17.7 Å². The first-order chi connectivity index (χ1) is 7.08. The lowest BCUT2D eigenvalue weighted by Crippen LogP contribution is -2.28. The molecule has 1 unspecified atom stereocenters. The predicted molar refractivity (Wildman–Crippen MR) is 56.5 cm³/mol. The van der Waals surface area contributed by atoms with Crippen LogP contribution in [-0.2, 0) is 11.2 Å². The zero-order valence-corrected chi connectivity index (χ0v) is 9.04. The van der Waals surface area contributed by atoms with Gasteiger partial charge >= 0.3 is 5.97 Å². The molecule has 3 nitrogen and oxygen atoms in total. The Morgan fingerprint density at radius 2 is 2.33 bits per heavy atom. The van der Waals surface area contributed by atoms with Crippen LogP contribution in [0.2, 0.25) is 5.02 Å². The van der Waals surface area contributed by atoms with Gasteiger partial charge in [0.05, 0.1) is 10.9 Å². The van der Waals surface area contributed by atoms with E-state index in [4.69, 9.17) is 21.4 Å². The highest BCUT2D eigenvalue weighted by Gasteiger charge is 2.26. The van der Waals surface area contributed by atoms with Crippen LogP contribution in [0.3, 0.4) is 0 Å². The van der Waals surface area contributed by atoms with Gasteiger partial charge in [0.25, 0.3) is 0 Å². The molecular weight excluding hydrogens is 216 g/mol. The Morgan fingerprint density at radius 1 is 1.60 bits per heavy atom. The Hall–Kier alpha value is -1.22. The summed E-state index contributed by atoms with van der Waals surface area (Å²) >= 11 is 6.00. The van der Waals surface area contributed by atoms with Crippen molar-refractivity contribution in [3.05, 3.63) is 28.3 Å². The van der Waals surface area contributed by atoms with Gasteiger partial charge in [-0.3, -0.25) is 4.79 Å². The van der Waals surface area contributed by atoms with Crippen molar-refractivity contribution >= 4 is 17.6 Å². The maximum atomic E-state index is 10.8. The van der Waals surface area contributed by atoms with E-state index in [1.165, 1.54) is 0 Å². The molecule has 1 aliphatic rings. The van der Waals surface area contributed by atoms with Crippen molar-refractivity contribution in [3.8, 4) is 5.75 Å². The standard InChI is InChI=1S/C11H11ClO3/c1-6-2-7-4-8(11(13)14)5-15-10(7)9(12)3-6/h2-3,8H,4-5H2,1H3,(H,13,14). The summed E-state index contributed by atoms with van der Waals surface area (Å²) in [7, 11) is 0. The minimum absolute atomic E-state index is 0.200. The normalized spacial score (nSPS) is 19.2. The number of aliphatic carboxylic acids is 1. The summed E-state index contributed by atoms with van der Waals surface area (Å²) < 4.78 is 5.37. The Morgan fingerprint density at radius 3 is 3.00 bits per heavy atom. The van der Waals surface area contributed by atoms with Crippen LogP contribution in [0.4, 0.5) is 0 Å². The highest BCUT2D eigenvalue weighted by molar-refractivity contribution is 6.32. The summed E-state index contributed by atoms with van der Waals surface area (Å²) in [6, 6.07) is 3.75. The fourth-order valence-electron chi connectivity index (χ4n) is 1.78. The third kappa shape index (κ3) is 1.92. The average Bonchev–Trinajstić information content (AvgIpc) is 2.16. The molecule has 1 aliphatic heterocycles. The predicted octanol–water partition coefficient (Wildman–Crippen LogP) is 2.28. The zero-order chi connectivity index (χ0) is 11.0. The van der Waals surface area contributed by atoms with Gasteiger partial charge in [0.15, 0.2) is 0 Å². The van der Waals surface area contributed by atoms with Crippen molar-refractivity contribution in [1.82, 2.24) is 0 Å². The molecular formula is C11H11ClO3. The monoisotopic (exact) mass is 226 g/mol. The molecule has 0 aliphatic carbocycles. The zero-order valence-electron chi connectivity index (χ0n) is 8.29. The first kappa shape index (κ1) is 10.3. The minimum Gasteiger partial charge on any atom is -0.491 e. The molecule has 0 amide bonds. The summed E-state index contributed by atoms with van der Waals surface area (Å²) in [5.41, 5.74) is 1.91. The largest absolute Gasteiger partial charge is 0.491 e. The lowest BCUT2D eigenvalue weighted by atomic mass is 9.96. The Labute approximate surface area is 92.6 Å². The van der Waals surface area contributed by atoms with Crippen molar-refractivity contribution in [2.24, 2.45) is 5.92 Å². The maximum absolute atomic E-state index is 10.8. The van der Waals surface area contributed by atoms with Crippen LogP contribution in [0, 0.1) is 12.8 Å². The van der Waals surface area contributed by atoms with Crippen LogP contribution in [0.1, 0.15) is 11.1 Å². The molecule has 1 heterocycles. The van der Waals surface area contributed by atoms with E-state index < -0.39 is 11.9 Å². The van der Waals surface area contributed by atoms with Gasteiger partial charge in [-0.2, -0.15) is 0 Å². The summed E-state index contributed by atoms with van der Waals surface area (Å²) in [6.07, 6.45) is 0.492. The highest BCUT2D eigenvalue weighted by atomic mass is 35.5. The molecule has 0 fully saturated rings. The summed E-state index contributed by atoms with van der Waals surface area (Å²) in [5, 5.41) is 9.45. The number of benzene rings is 1. The summed E-state index contributed by atoms with van der Waals surface area (Å²) in [5.74, 6) is -0.645. The third-order valence-corrected chi connectivity index (χ3v) is 2.79. The number of ether oxygens (including phenoxy) is 1. The van der Waals surface area contributed by atoms with Crippen molar-refractivity contribution in [3.63, 3.8) is 0 Å². The smallest absolute Gasteiger partial charge is 0.310 e. The van der Waals surface area contributed by atoms with Gasteiger partial charge in [0.1, 0.15) is 12.4 Å². The second kappa shape index (κ2) is 3.74. The highest BCUT2D eigenvalue weighted by Crippen LogP contribution is 2.35. The molecule has 0 bridgehead atoms. The molecule has 0 spiro atoms. The molecule has 80 valence electrons. The van der Waals surface area contributed by atoms with Crippen molar-refractivity contribution in [2.75, 3.05) is 6.61 Å². The first-order valence-corrected chi connectivity index (χ1v) is 5.10. The molecule has 0 saturated carbocycles. The van der Waals surface area contributed by atoms with Crippen LogP contribution in [0.5, 0.6) is 5.75 Å². The maximum Gasteiger partial charge on any atom is 0.310 e. The number of fused-ring (bicyclic) bond motifs is 1. The van der Waals surface area contributed by atoms with Gasteiger partial charge in [-0.05, 0) is 30.5 Å². The Balaban J connectivity index is 2.37. The molecule has 1 aromatic rings. The second-order valence-electron chi connectivity index (χ2n) is 3.79. The van der Waals surface area contributed by atoms with E-state index in [9.17, 15) is 4.79 Å². The first-order valence-electron chi connectivity index (χ1n) is 4.72. The number of aryl methyl sites for hydroxylation is 1. The molecule has 1 aromatic carbocycles. The van der Waals surface area contributed by atoms with E-state index in [1.54, 1.807) is 0 Å². The van der Waals surface area contributed by atoms with Crippen LogP contribution in [0.15, 0.2) is 12.1 Å². The number of halogens is 1. The Bertz CT molecular complexity index is 415. The lowest BCUT2D eigenvalue weighted by Gasteiger charge is -2.23. The van der Waals surface area contributed by atoms with Crippen molar-refractivity contribution < 1.29 is 14.6 Å². The number of hydrogen-bond acceptors (Lipinski definition) is 2. The number of carboxylic acids is 1. The molecule has 0 saturated heterocycles. The molecule has 4 heteroatoms. The summed E-state index contributed by atoms with van der Waals surface area (Å²) in [4.78, 5) is 10.8. The fourth-order valence-corrected chi connectivity index (χ4v) is 2.13. The third-order valence-electron chi connectivity index (χ3n) is 2.51. The van der Waals surface area contributed by atoms with E-state index in [2.05, 4.69) is 0 Å². The van der Waals surface area contributed by atoms with Gasteiger partial charge in [-0.1, -0.05) is 17.7 Å². The lowest BCUT2D eigenvalue weighted by molar-refractivity contribution is -0.143. The van der Waals surface area contributed by atoms with E-state index in [-0.39, 0.29) is 6.61 Å². The minimum atomic E-state index is -0.821. The van der Waals surface area contributed by atoms with Gasteiger partial charge in [-0.15, -0.1) is 0 Å². The van der Waals surface area contributed by atoms with Crippen LogP contribution < -0.4 is 4.74 Å². The number of hydrogen-bond donors (Lipinski definition) is 1. The van der Waals surface area contributed by atoms with E-state index in [0.29, 0.717) is 17.2 Å². The molecule has 0 aromatic heterocycles. The van der Waals surface area contributed by atoms with Gasteiger partial charge in [0.2, 0.25) is 0 Å². The summed E-state index contributed by atoms with van der Waals surface area (Å²) in [6.45, 7) is 2.13. The fraction of sp³-hybridized carbons (Fsp3) is 0.364. The van der Waals surface area contributed by atoms with E-state index >= 15 is 0 Å². The molecule has 1 N–H and O–H groups in total. The number of rotatable bonds is 1. The number of carbonyl (C=O) groups is 1. The van der Waals surface area contributed by atoms with E-state index in [1.807, 2.05) is 19.1 Å². The molecule has 0 radical (unpaired) electrons. The van der Waals surface area contributed by atoms with Gasteiger partial charge in [-0.25, -0.2) is 0 Å². The van der Waals surface area contributed by atoms with Crippen LogP contribution in [0.25, 0.3) is 0 Å². The Kier molecular flexibility index (Phi) is 2.57. The average molecular weight is 227 g/mol. The van der Waals surface area contributed by atoms with E-state index in [0.717, 1.165) is 11.1 Å². The van der Waals surface area contributed by atoms with Gasteiger partial charge in [0, 0.05) is 0 Å². The number of carboxylic acid groups (broad SMARTS) is 1.